The third-order valence-electron chi connectivity index (χ3n) is 6.58. The van der Waals surface area contributed by atoms with Crippen LogP contribution in [0.2, 0.25) is 0 Å². The second-order valence-electron chi connectivity index (χ2n) is 11.0. The third-order valence-corrected chi connectivity index (χ3v) is 8.36. The van der Waals surface area contributed by atoms with Crippen LogP contribution >= 0.6 is 0 Å². The summed E-state index contributed by atoms with van der Waals surface area (Å²) in [5, 5.41) is 2.97. The topological polar surface area (TPSA) is 105 Å². The molecule has 0 saturated heterocycles. The van der Waals surface area contributed by atoms with E-state index in [1.807, 2.05) is 40.7 Å². The van der Waals surface area contributed by atoms with E-state index in [1.165, 1.54) is 24.1 Å². The average molecular weight is 596 g/mol. The highest BCUT2D eigenvalue weighted by molar-refractivity contribution is 7.92. The molecule has 3 aromatic rings. The molecule has 1 unspecified atom stereocenters. The molecule has 0 spiro atoms. The fraction of sp³-hybridized carbons (Fsp3) is 0.375. The van der Waals surface area contributed by atoms with E-state index >= 15 is 0 Å². The fourth-order valence-electron chi connectivity index (χ4n) is 4.57. The Morgan fingerprint density at radius 3 is 2.21 bits per heavy atom. The predicted molar refractivity (Wildman–Crippen MR) is 164 cm³/mol. The summed E-state index contributed by atoms with van der Waals surface area (Å²) < 4.78 is 40.1. The van der Waals surface area contributed by atoms with Gasteiger partial charge in [-0.25, -0.2) is 8.42 Å². The van der Waals surface area contributed by atoms with Gasteiger partial charge in [0.05, 0.1) is 24.8 Å². The maximum atomic E-state index is 14.3. The van der Waals surface area contributed by atoms with Crippen LogP contribution in [-0.2, 0) is 26.2 Å². The molecule has 2 amide bonds. The highest BCUT2D eigenvalue weighted by Gasteiger charge is 2.35. The average Bonchev–Trinajstić information content (AvgIpc) is 2.95. The van der Waals surface area contributed by atoms with Crippen LogP contribution in [0, 0.1) is 6.92 Å². The first-order chi connectivity index (χ1) is 19.8. The van der Waals surface area contributed by atoms with Gasteiger partial charge in [-0.2, -0.15) is 0 Å². The molecule has 9 nitrogen and oxygen atoms in total. The zero-order valence-corrected chi connectivity index (χ0v) is 26.2. The van der Waals surface area contributed by atoms with E-state index in [1.54, 1.807) is 61.7 Å². The van der Waals surface area contributed by atoms with Gasteiger partial charge in [0.1, 0.15) is 24.1 Å². The minimum absolute atomic E-state index is 0.0261. The monoisotopic (exact) mass is 595 g/mol. The highest BCUT2D eigenvalue weighted by Crippen LogP contribution is 2.34. The van der Waals surface area contributed by atoms with E-state index in [2.05, 4.69) is 5.32 Å². The van der Waals surface area contributed by atoms with Gasteiger partial charge in [-0.1, -0.05) is 43.3 Å². The van der Waals surface area contributed by atoms with E-state index in [9.17, 15) is 18.0 Å². The van der Waals surface area contributed by atoms with Crippen molar-refractivity contribution in [2.75, 3.05) is 25.1 Å². The molecule has 0 bridgehead atoms. The summed E-state index contributed by atoms with van der Waals surface area (Å²) in [5.41, 5.74) is 1.21. The van der Waals surface area contributed by atoms with Gasteiger partial charge in [0.25, 0.3) is 10.0 Å². The molecule has 0 aliphatic heterocycles. The van der Waals surface area contributed by atoms with Gasteiger partial charge in [0, 0.05) is 12.1 Å². The maximum Gasteiger partial charge on any atom is 0.264 e. The summed E-state index contributed by atoms with van der Waals surface area (Å²) in [4.78, 5) is 29.2. The molecule has 0 radical (unpaired) electrons. The van der Waals surface area contributed by atoms with E-state index < -0.39 is 34.1 Å². The molecule has 0 saturated carbocycles. The van der Waals surface area contributed by atoms with Crippen LogP contribution in [0.15, 0.2) is 77.7 Å². The first-order valence-electron chi connectivity index (χ1n) is 13.8. The van der Waals surface area contributed by atoms with Crippen LogP contribution in [-0.4, -0.2) is 57.5 Å². The highest BCUT2D eigenvalue weighted by atomic mass is 32.2. The predicted octanol–water partition coefficient (Wildman–Crippen LogP) is 4.93. The summed E-state index contributed by atoms with van der Waals surface area (Å²) in [6.07, 6.45) is 0.316. The normalized spacial score (nSPS) is 12.3. The van der Waals surface area contributed by atoms with Gasteiger partial charge in [-0.3, -0.25) is 13.9 Å². The number of ether oxygens (including phenoxy) is 2. The van der Waals surface area contributed by atoms with Crippen LogP contribution in [0.4, 0.5) is 5.69 Å². The first-order valence-corrected chi connectivity index (χ1v) is 15.2. The van der Waals surface area contributed by atoms with E-state index in [4.69, 9.17) is 9.47 Å². The number of benzene rings is 3. The second kappa shape index (κ2) is 13.7. The standard InChI is InChI=1S/C32H41N3O6S/c1-8-27(31(37)33-32(3,4)5)34(21-24-13-12-14-25(20-24)40-6)30(36)22-35(28-19-23(2)17-18-29(28)41-7)42(38,39)26-15-10-9-11-16-26/h9-20,27H,8,21-22H2,1-7H3,(H,33,37). The Bertz CT molecular complexity index is 1490. The van der Waals surface area contributed by atoms with Gasteiger partial charge in [-0.05, 0) is 81.6 Å². The molecule has 3 rings (SSSR count). The van der Waals surface area contributed by atoms with Crippen molar-refractivity contribution >= 4 is 27.5 Å². The molecule has 0 aliphatic carbocycles. The van der Waals surface area contributed by atoms with Crippen LogP contribution in [0.25, 0.3) is 0 Å². The minimum Gasteiger partial charge on any atom is -0.497 e. The van der Waals surface area contributed by atoms with Crippen molar-refractivity contribution in [3.8, 4) is 11.5 Å². The SMILES string of the molecule is CCC(C(=O)NC(C)(C)C)N(Cc1cccc(OC)c1)C(=O)CN(c1cc(C)ccc1OC)S(=O)(=O)c1ccccc1. The largest absolute Gasteiger partial charge is 0.497 e. The summed E-state index contributed by atoms with van der Waals surface area (Å²) in [5.74, 6) is 0.0262. The number of rotatable bonds is 12. The molecule has 0 aliphatic rings. The van der Waals surface area contributed by atoms with Gasteiger partial charge in [0.15, 0.2) is 0 Å². The zero-order valence-electron chi connectivity index (χ0n) is 25.4. The van der Waals surface area contributed by atoms with Crippen molar-refractivity contribution in [1.82, 2.24) is 10.2 Å². The molecule has 1 N–H and O–H groups in total. The number of anilines is 1. The van der Waals surface area contributed by atoms with Crippen LogP contribution in [0.3, 0.4) is 0 Å². The third kappa shape index (κ3) is 8.03. The van der Waals surface area contributed by atoms with E-state index in [-0.39, 0.29) is 23.0 Å². The summed E-state index contributed by atoms with van der Waals surface area (Å²) in [6, 6.07) is 19.4. The number of carbonyl (C=O) groups excluding carboxylic acids is 2. The Balaban J connectivity index is 2.14. The van der Waals surface area contributed by atoms with Crippen molar-refractivity contribution in [2.24, 2.45) is 0 Å². The Labute approximate surface area is 249 Å². The Hall–Kier alpha value is -4.05. The van der Waals surface area contributed by atoms with Crippen LogP contribution < -0.4 is 19.1 Å². The molecule has 3 aromatic carbocycles. The molecule has 0 fully saturated rings. The van der Waals surface area contributed by atoms with E-state index in [0.29, 0.717) is 17.9 Å². The van der Waals surface area contributed by atoms with Crippen LogP contribution in [0.1, 0.15) is 45.2 Å². The van der Waals surface area contributed by atoms with Crippen molar-refractivity contribution in [2.45, 2.75) is 64.1 Å². The van der Waals surface area contributed by atoms with Crippen molar-refractivity contribution in [3.05, 3.63) is 83.9 Å². The molecular weight excluding hydrogens is 554 g/mol. The second-order valence-corrected chi connectivity index (χ2v) is 12.9. The van der Waals surface area contributed by atoms with Crippen molar-refractivity contribution < 1.29 is 27.5 Å². The lowest BCUT2D eigenvalue weighted by Crippen LogP contribution is -2.55. The fourth-order valence-corrected chi connectivity index (χ4v) is 6.01. The number of nitrogens with zero attached hydrogens (tertiary/aromatic N) is 2. The molecule has 0 heterocycles. The molecule has 10 heteroatoms. The minimum atomic E-state index is -4.21. The molecule has 1 atom stereocenters. The number of hydrogen-bond acceptors (Lipinski definition) is 6. The first kappa shape index (κ1) is 32.5. The summed E-state index contributed by atoms with van der Waals surface area (Å²) in [6.45, 7) is 8.76. The van der Waals surface area contributed by atoms with E-state index in [0.717, 1.165) is 15.4 Å². The van der Waals surface area contributed by atoms with Crippen molar-refractivity contribution in [3.63, 3.8) is 0 Å². The van der Waals surface area contributed by atoms with Crippen LogP contribution in [0.5, 0.6) is 11.5 Å². The quantitative estimate of drug-likeness (QED) is 0.318. The zero-order chi connectivity index (χ0) is 31.1. The Kier molecular flexibility index (Phi) is 10.6. The number of methoxy groups -OCH3 is 2. The van der Waals surface area contributed by atoms with Gasteiger partial charge >= 0.3 is 0 Å². The smallest absolute Gasteiger partial charge is 0.264 e. The van der Waals surface area contributed by atoms with Gasteiger partial charge < -0.3 is 19.7 Å². The summed E-state index contributed by atoms with van der Waals surface area (Å²) in [7, 11) is -1.21. The lowest BCUT2D eigenvalue weighted by Gasteiger charge is -2.35. The molecule has 226 valence electrons. The summed E-state index contributed by atoms with van der Waals surface area (Å²) >= 11 is 0. The van der Waals surface area contributed by atoms with Crippen molar-refractivity contribution in [1.29, 1.82) is 0 Å². The molecular formula is C32H41N3O6S. The van der Waals surface area contributed by atoms with Gasteiger partial charge in [0.2, 0.25) is 11.8 Å². The number of carbonyl (C=O) groups is 2. The number of sulfonamides is 1. The number of hydrogen-bond donors (Lipinski definition) is 1. The number of aryl methyl sites for hydroxylation is 1. The Morgan fingerprint density at radius 2 is 1.62 bits per heavy atom. The lowest BCUT2D eigenvalue weighted by molar-refractivity contribution is -0.141. The number of nitrogens with one attached hydrogen (secondary N) is 1. The molecule has 42 heavy (non-hydrogen) atoms. The lowest BCUT2D eigenvalue weighted by atomic mass is 10.1. The Morgan fingerprint density at radius 1 is 0.929 bits per heavy atom. The maximum absolute atomic E-state index is 14.3. The number of amides is 2. The van der Waals surface area contributed by atoms with Gasteiger partial charge in [-0.15, -0.1) is 0 Å². The molecule has 0 aromatic heterocycles.